The molecule has 2 N–H and O–H groups in total. The Morgan fingerprint density at radius 3 is 2.52 bits per heavy atom. The summed E-state index contributed by atoms with van der Waals surface area (Å²) in [6.45, 7) is 6.70. The summed E-state index contributed by atoms with van der Waals surface area (Å²) in [6, 6.07) is 5.77. The first-order chi connectivity index (χ1) is 14.8. The highest BCUT2D eigenvalue weighted by molar-refractivity contribution is 5.79. The van der Waals surface area contributed by atoms with Gasteiger partial charge < -0.3 is 20.1 Å². The first-order valence-corrected chi connectivity index (χ1v) is 11.0. The molecule has 0 saturated carbocycles. The van der Waals surface area contributed by atoms with Crippen LogP contribution in [0.15, 0.2) is 23.2 Å². The fraction of sp³-hybridized carbons (Fsp3) is 0.682. The lowest BCUT2D eigenvalue weighted by Gasteiger charge is -2.32. The van der Waals surface area contributed by atoms with Gasteiger partial charge >= 0.3 is 6.18 Å². The van der Waals surface area contributed by atoms with Crippen molar-refractivity contribution in [3.63, 3.8) is 0 Å². The molecule has 0 aliphatic carbocycles. The molecule has 1 heterocycles. The summed E-state index contributed by atoms with van der Waals surface area (Å²) in [4.78, 5) is 6.14. The zero-order valence-electron chi connectivity index (χ0n) is 18.7. The predicted octanol–water partition coefficient (Wildman–Crippen LogP) is 3.81. The molecule has 0 unspecified atom stereocenters. The predicted molar refractivity (Wildman–Crippen MR) is 117 cm³/mol. The Hall–Kier alpha value is -2.16. The highest BCUT2D eigenvalue weighted by Gasteiger charge is 2.32. The Kier molecular flexibility index (Phi) is 10.2. The van der Waals surface area contributed by atoms with Gasteiger partial charge in [-0.15, -0.1) is 0 Å². The van der Waals surface area contributed by atoms with Gasteiger partial charge in [0.15, 0.2) is 17.5 Å². The third kappa shape index (κ3) is 9.25. The maximum absolute atomic E-state index is 12.5. The van der Waals surface area contributed by atoms with E-state index in [0.29, 0.717) is 43.7 Å². The van der Waals surface area contributed by atoms with E-state index < -0.39 is 12.7 Å². The van der Waals surface area contributed by atoms with E-state index in [2.05, 4.69) is 15.6 Å². The molecular formula is C22H35F3N4O2. The molecule has 6 nitrogen and oxygen atoms in total. The number of halogens is 3. The third-order valence-electron chi connectivity index (χ3n) is 5.25. The molecule has 1 aromatic rings. The number of likely N-dealkylation sites (tertiary alicyclic amines) is 1. The second-order valence-electron chi connectivity index (χ2n) is 7.66. The van der Waals surface area contributed by atoms with Gasteiger partial charge in [0.25, 0.3) is 0 Å². The second kappa shape index (κ2) is 12.6. The molecule has 0 atom stereocenters. The molecule has 1 aliphatic heterocycles. The number of rotatable bonds is 10. The molecule has 1 fully saturated rings. The van der Waals surface area contributed by atoms with Crippen LogP contribution in [-0.4, -0.2) is 63.5 Å². The number of aliphatic imine (C=N–C) groups is 1. The van der Waals surface area contributed by atoms with Gasteiger partial charge in [-0.1, -0.05) is 6.07 Å². The zero-order chi connectivity index (χ0) is 22.7. The van der Waals surface area contributed by atoms with Crippen LogP contribution in [0.25, 0.3) is 0 Å². The first kappa shape index (κ1) is 25.1. The Bertz CT molecular complexity index is 690. The van der Waals surface area contributed by atoms with Crippen LogP contribution in [0.3, 0.4) is 0 Å². The van der Waals surface area contributed by atoms with Crippen LogP contribution >= 0.6 is 0 Å². The lowest BCUT2D eigenvalue weighted by Crippen LogP contribution is -2.41. The Balaban J connectivity index is 1.81. The van der Waals surface area contributed by atoms with E-state index in [1.54, 1.807) is 7.11 Å². The molecule has 0 radical (unpaired) electrons. The second-order valence-corrected chi connectivity index (χ2v) is 7.66. The Morgan fingerprint density at radius 1 is 1.16 bits per heavy atom. The quantitative estimate of drug-likeness (QED) is 0.425. The number of ether oxygens (including phenoxy) is 2. The highest BCUT2D eigenvalue weighted by atomic mass is 19.4. The largest absolute Gasteiger partial charge is 0.493 e. The van der Waals surface area contributed by atoms with Gasteiger partial charge in [-0.05, 0) is 69.8 Å². The normalized spacial score (nSPS) is 16.3. The minimum absolute atomic E-state index is 0.440. The number of piperidine rings is 1. The van der Waals surface area contributed by atoms with Crippen LogP contribution in [-0.2, 0) is 6.54 Å². The van der Waals surface area contributed by atoms with Crippen molar-refractivity contribution in [2.75, 3.05) is 46.4 Å². The summed E-state index contributed by atoms with van der Waals surface area (Å²) in [5.74, 6) is 2.56. The average molecular weight is 445 g/mol. The zero-order valence-corrected chi connectivity index (χ0v) is 18.7. The summed E-state index contributed by atoms with van der Waals surface area (Å²) in [5.41, 5.74) is 1.01. The standard InChI is InChI=1S/C22H35F3N4O2/c1-4-26-21(28-15-18-6-7-19(30-3)20(14-18)31-5-2)27-11-8-17-9-12-29(13-10-17)16-22(23,24)25/h6-7,14,17H,4-5,8-13,15-16H2,1-3H3,(H2,26,27,28). The van der Waals surface area contributed by atoms with E-state index in [9.17, 15) is 13.2 Å². The molecule has 2 rings (SSSR count). The smallest absolute Gasteiger partial charge is 0.401 e. The Morgan fingerprint density at radius 2 is 1.90 bits per heavy atom. The van der Waals surface area contributed by atoms with Crippen molar-refractivity contribution in [1.82, 2.24) is 15.5 Å². The van der Waals surface area contributed by atoms with Crippen molar-refractivity contribution in [3.05, 3.63) is 23.8 Å². The summed E-state index contributed by atoms with van der Waals surface area (Å²) < 4.78 is 48.5. The lowest BCUT2D eigenvalue weighted by molar-refractivity contribution is -0.148. The van der Waals surface area contributed by atoms with E-state index in [-0.39, 0.29) is 0 Å². The maximum atomic E-state index is 12.5. The number of nitrogens with one attached hydrogen (secondary N) is 2. The molecule has 1 aromatic carbocycles. The SMILES string of the molecule is CCNC(=NCc1ccc(OC)c(OCC)c1)NCCC1CCN(CC(F)(F)F)CC1. The van der Waals surface area contributed by atoms with E-state index in [1.807, 2.05) is 32.0 Å². The topological polar surface area (TPSA) is 58.1 Å². The van der Waals surface area contributed by atoms with Crippen molar-refractivity contribution >= 4 is 5.96 Å². The molecule has 0 aromatic heterocycles. The highest BCUT2D eigenvalue weighted by Crippen LogP contribution is 2.28. The monoisotopic (exact) mass is 444 g/mol. The number of methoxy groups -OCH3 is 1. The van der Waals surface area contributed by atoms with Gasteiger partial charge in [0, 0.05) is 13.1 Å². The Labute approximate surface area is 183 Å². The minimum atomic E-state index is -4.11. The van der Waals surface area contributed by atoms with Crippen LogP contribution in [0, 0.1) is 5.92 Å². The van der Waals surface area contributed by atoms with Crippen LogP contribution in [0.1, 0.15) is 38.7 Å². The molecule has 0 bridgehead atoms. The number of hydrogen-bond acceptors (Lipinski definition) is 4. The summed E-state index contributed by atoms with van der Waals surface area (Å²) in [6.07, 6.45) is -1.59. The summed E-state index contributed by atoms with van der Waals surface area (Å²) in [7, 11) is 1.61. The van der Waals surface area contributed by atoms with Crippen LogP contribution in [0.2, 0.25) is 0 Å². The van der Waals surface area contributed by atoms with Gasteiger partial charge in [0.1, 0.15) is 0 Å². The van der Waals surface area contributed by atoms with Crippen molar-refractivity contribution in [1.29, 1.82) is 0 Å². The number of alkyl halides is 3. The number of benzene rings is 1. The fourth-order valence-electron chi connectivity index (χ4n) is 3.68. The molecule has 0 spiro atoms. The van der Waals surface area contributed by atoms with Crippen LogP contribution < -0.4 is 20.1 Å². The average Bonchev–Trinajstić information content (AvgIpc) is 2.72. The first-order valence-electron chi connectivity index (χ1n) is 11.0. The van der Waals surface area contributed by atoms with Gasteiger partial charge in [-0.3, -0.25) is 4.90 Å². The number of guanidine groups is 1. The third-order valence-corrected chi connectivity index (χ3v) is 5.25. The van der Waals surface area contributed by atoms with Crippen molar-refractivity contribution in [2.24, 2.45) is 10.9 Å². The maximum Gasteiger partial charge on any atom is 0.401 e. The van der Waals surface area contributed by atoms with Gasteiger partial charge in [0.2, 0.25) is 0 Å². The van der Waals surface area contributed by atoms with Gasteiger partial charge in [-0.25, -0.2) is 4.99 Å². The van der Waals surface area contributed by atoms with Crippen molar-refractivity contribution in [3.8, 4) is 11.5 Å². The lowest BCUT2D eigenvalue weighted by atomic mass is 9.93. The van der Waals surface area contributed by atoms with Gasteiger partial charge in [-0.2, -0.15) is 13.2 Å². The van der Waals surface area contributed by atoms with E-state index in [0.717, 1.165) is 43.9 Å². The summed E-state index contributed by atoms with van der Waals surface area (Å²) >= 11 is 0. The van der Waals surface area contributed by atoms with E-state index in [4.69, 9.17) is 9.47 Å². The van der Waals surface area contributed by atoms with Gasteiger partial charge in [0.05, 0.1) is 26.8 Å². The number of hydrogen-bond donors (Lipinski definition) is 2. The molecule has 9 heteroatoms. The molecule has 1 saturated heterocycles. The van der Waals surface area contributed by atoms with Crippen LogP contribution in [0.5, 0.6) is 11.5 Å². The fourth-order valence-corrected chi connectivity index (χ4v) is 3.68. The van der Waals surface area contributed by atoms with Crippen molar-refractivity contribution in [2.45, 2.75) is 45.8 Å². The number of nitrogens with zero attached hydrogens (tertiary/aromatic N) is 2. The van der Waals surface area contributed by atoms with Crippen molar-refractivity contribution < 1.29 is 22.6 Å². The minimum Gasteiger partial charge on any atom is -0.493 e. The molecule has 31 heavy (non-hydrogen) atoms. The van der Waals surface area contributed by atoms with Crippen LogP contribution in [0.4, 0.5) is 13.2 Å². The van der Waals surface area contributed by atoms with E-state index >= 15 is 0 Å². The van der Waals surface area contributed by atoms with E-state index in [1.165, 1.54) is 4.90 Å². The molecule has 176 valence electrons. The molecule has 1 aliphatic rings. The molecule has 0 amide bonds. The molecular weight excluding hydrogens is 409 g/mol. The summed E-state index contributed by atoms with van der Waals surface area (Å²) in [5, 5.41) is 6.57.